The first-order chi connectivity index (χ1) is 28.5. The number of ether oxygens (including phenoxy) is 6. The Hall–Kier alpha value is -6.34. The van der Waals surface area contributed by atoms with E-state index in [1.165, 1.54) is 6.92 Å². The second-order valence-electron chi connectivity index (χ2n) is 14.2. The Morgan fingerprint density at radius 2 is 1.22 bits per heavy atom. The molecular weight excluding hydrogens is 757 g/mol. The molecule has 5 unspecified atom stereocenters. The van der Waals surface area contributed by atoms with Crippen LogP contribution in [0, 0.1) is 5.92 Å². The molecule has 0 aliphatic heterocycles. The third-order valence-corrected chi connectivity index (χ3v) is 10.4. The van der Waals surface area contributed by atoms with Gasteiger partial charge in [0.1, 0.15) is 55.7 Å². The van der Waals surface area contributed by atoms with E-state index in [1.54, 1.807) is 12.2 Å². The summed E-state index contributed by atoms with van der Waals surface area (Å²) in [5.41, 5.74) is 3.78. The van der Waals surface area contributed by atoms with Crippen molar-refractivity contribution in [1.29, 1.82) is 0 Å². The van der Waals surface area contributed by atoms with E-state index in [0.29, 0.717) is 17.8 Å². The summed E-state index contributed by atoms with van der Waals surface area (Å²) in [4.78, 5) is 48.2. The number of aliphatic carboxylic acids is 1. The van der Waals surface area contributed by atoms with Crippen molar-refractivity contribution in [2.24, 2.45) is 5.92 Å². The molecule has 4 aromatic carbocycles. The molecular formula is C47H46O12. The van der Waals surface area contributed by atoms with E-state index in [2.05, 4.69) is 37.4 Å². The summed E-state index contributed by atoms with van der Waals surface area (Å²) >= 11 is 0. The number of carboxylic acid groups (broad SMARTS) is 1. The predicted molar refractivity (Wildman–Crippen MR) is 217 cm³/mol. The van der Waals surface area contributed by atoms with Gasteiger partial charge >= 0.3 is 17.9 Å². The molecule has 2 N–H and O–H groups in total. The van der Waals surface area contributed by atoms with Crippen LogP contribution in [-0.4, -0.2) is 84.9 Å². The summed E-state index contributed by atoms with van der Waals surface area (Å²) in [6, 6.07) is 31.8. The SMILES string of the molecule is C=CC(=O)OCC(COc1ccc(C2(c3ccc(OCC(COC(=O)C=C)OC4(C=O)CC=CCC4C(=O)O)cc3)c3ccccc3-c3ccccc32)cc1)OC(C)O. The molecule has 4 aromatic rings. The van der Waals surface area contributed by atoms with Gasteiger partial charge in [-0.3, -0.25) is 4.79 Å². The predicted octanol–water partition coefficient (Wildman–Crippen LogP) is 6.36. The summed E-state index contributed by atoms with van der Waals surface area (Å²) in [5.74, 6) is -2.63. The van der Waals surface area contributed by atoms with Gasteiger partial charge in [0.05, 0.1) is 11.3 Å². The van der Waals surface area contributed by atoms with Gasteiger partial charge in [0.2, 0.25) is 0 Å². The zero-order valence-corrected chi connectivity index (χ0v) is 32.6. The number of allylic oxidation sites excluding steroid dienone is 1. The summed E-state index contributed by atoms with van der Waals surface area (Å²) in [6.07, 6.45) is 3.27. The molecule has 0 bridgehead atoms. The van der Waals surface area contributed by atoms with E-state index in [4.69, 9.17) is 28.4 Å². The lowest BCUT2D eigenvalue weighted by Gasteiger charge is -2.37. The lowest BCUT2D eigenvalue weighted by atomic mass is 9.68. The summed E-state index contributed by atoms with van der Waals surface area (Å²) in [5, 5.41) is 19.7. The van der Waals surface area contributed by atoms with Crippen molar-refractivity contribution < 1.29 is 57.8 Å². The highest BCUT2D eigenvalue weighted by atomic mass is 16.6. The van der Waals surface area contributed by atoms with Crippen LogP contribution in [0.3, 0.4) is 0 Å². The third kappa shape index (κ3) is 9.20. The number of carboxylic acids is 1. The Kier molecular flexibility index (Phi) is 13.6. The first-order valence-corrected chi connectivity index (χ1v) is 19.1. The van der Waals surface area contributed by atoms with Crippen molar-refractivity contribution >= 4 is 24.2 Å². The number of aldehydes is 1. The van der Waals surface area contributed by atoms with Gasteiger partial charge in [-0.05, 0) is 71.0 Å². The quantitative estimate of drug-likeness (QED) is 0.0295. The van der Waals surface area contributed by atoms with Crippen molar-refractivity contribution in [1.82, 2.24) is 0 Å². The van der Waals surface area contributed by atoms with Gasteiger partial charge in [-0.2, -0.15) is 0 Å². The molecule has 0 heterocycles. The molecule has 5 atom stereocenters. The summed E-state index contributed by atoms with van der Waals surface area (Å²) in [6.45, 7) is 7.69. The van der Waals surface area contributed by atoms with Crippen molar-refractivity contribution in [3.63, 3.8) is 0 Å². The minimum absolute atomic E-state index is 0.00282. The van der Waals surface area contributed by atoms with Gasteiger partial charge in [0, 0.05) is 18.6 Å². The van der Waals surface area contributed by atoms with Gasteiger partial charge in [-0.15, -0.1) is 0 Å². The number of carbonyl (C=O) groups is 4. The smallest absolute Gasteiger partial charge is 0.330 e. The van der Waals surface area contributed by atoms with Crippen LogP contribution in [0.4, 0.5) is 0 Å². The Balaban J connectivity index is 1.29. The maximum atomic E-state index is 12.4. The lowest BCUT2D eigenvalue weighted by molar-refractivity contribution is -0.180. The highest BCUT2D eigenvalue weighted by molar-refractivity contribution is 5.86. The zero-order chi connectivity index (χ0) is 42.0. The average Bonchev–Trinajstić information content (AvgIpc) is 3.56. The molecule has 0 aromatic heterocycles. The molecule has 59 heavy (non-hydrogen) atoms. The standard InChI is InChI=1S/C47H46O12/c1-4-43(50)56-27-36(58-31(3)49)26-54-34-21-17-32(18-22-34)47(40-14-8-6-12-38(40)39-13-7-9-15-41(39)47)33-19-23-35(24-20-33)55-28-37(29-57-44(51)5-2)59-46(30-48)25-11-10-16-42(46)45(52)53/h4-15,17-24,30-31,36-37,42,49H,1-2,16,25-29H2,3H3,(H,52,53). The maximum Gasteiger partial charge on any atom is 0.330 e. The van der Waals surface area contributed by atoms with Crippen LogP contribution in [0.1, 0.15) is 42.0 Å². The van der Waals surface area contributed by atoms with Crippen molar-refractivity contribution in [2.75, 3.05) is 26.4 Å². The van der Waals surface area contributed by atoms with Crippen LogP contribution in [0.2, 0.25) is 0 Å². The number of rotatable bonds is 20. The molecule has 2 aliphatic rings. The number of aliphatic hydroxyl groups is 1. The monoisotopic (exact) mass is 802 g/mol. The molecule has 306 valence electrons. The lowest BCUT2D eigenvalue weighted by Crippen LogP contribution is -2.51. The van der Waals surface area contributed by atoms with Crippen molar-refractivity contribution in [3.05, 3.63) is 157 Å². The normalized spacial score (nSPS) is 18.8. The fraction of sp³-hybridized carbons (Fsp3) is 0.277. The highest BCUT2D eigenvalue weighted by Gasteiger charge is 2.47. The molecule has 12 nitrogen and oxygen atoms in total. The van der Waals surface area contributed by atoms with Crippen LogP contribution in [0.15, 0.2) is 135 Å². The van der Waals surface area contributed by atoms with Crippen molar-refractivity contribution in [3.8, 4) is 22.6 Å². The van der Waals surface area contributed by atoms with E-state index in [9.17, 15) is 29.4 Å². The van der Waals surface area contributed by atoms with E-state index in [0.717, 1.165) is 45.5 Å². The molecule has 0 radical (unpaired) electrons. The van der Waals surface area contributed by atoms with Gasteiger partial charge in [0.25, 0.3) is 0 Å². The second-order valence-corrected chi connectivity index (χ2v) is 14.2. The first kappa shape index (κ1) is 42.3. The first-order valence-electron chi connectivity index (χ1n) is 19.1. The molecule has 6 rings (SSSR count). The number of fused-ring (bicyclic) bond motifs is 3. The van der Waals surface area contributed by atoms with Crippen molar-refractivity contribution in [2.45, 2.75) is 49.3 Å². The molecule has 0 fully saturated rings. The number of benzene rings is 4. The fourth-order valence-electron chi connectivity index (χ4n) is 7.74. The van der Waals surface area contributed by atoms with Gasteiger partial charge in [-0.1, -0.05) is 98.1 Å². The minimum Gasteiger partial charge on any atom is -0.491 e. The molecule has 0 saturated heterocycles. The van der Waals surface area contributed by atoms with E-state index < -0.39 is 53.3 Å². The van der Waals surface area contributed by atoms with Gasteiger partial charge < -0.3 is 43.4 Å². The number of carbonyl (C=O) groups excluding carboxylic acids is 3. The van der Waals surface area contributed by atoms with E-state index >= 15 is 0 Å². The summed E-state index contributed by atoms with van der Waals surface area (Å²) in [7, 11) is 0. The van der Waals surface area contributed by atoms with E-state index in [1.807, 2.05) is 72.8 Å². The number of aliphatic hydroxyl groups excluding tert-OH is 1. The Morgan fingerprint density at radius 1 is 0.729 bits per heavy atom. The molecule has 12 heteroatoms. The zero-order valence-electron chi connectivity index (χ0n) is 32.6. The van der Waals surface area contributed by atoms with Crippen LogP contribution in [-0.2, 0) is 43.5 Å². The average molecular weight is 803 g/mol. The van der Waals surface area contributed by atoms with Gasteiger partial charge in [0.15, 0.2) is 12.6 Å². The topological polar surface area (TPSA) is 164 Å². The van der Waals surface area contributed by atoms with Crippen LogP contribution in [0.5, 0.6) is 11.5 Å². The second kappa shape index (κ2) is 18.9. The largest absolute Gasteiger partial charge is 0.491 e. The third-order valence-electron chi connectivity index (χ3n) is 10.4. The Labute approximate surface area is 342 Å². The van der Waals surface area contributed by atoms with Crippen LogP contribution >= 0.6 is 0 Å². The number of hydrogen-bond acceptors (Lipinski definition) is 11. The fourth-order valence-corrected chi connectivity index (χ4v) is 7.74. The molecule has 2 aliphatic carbocycles. The highest BCUT2D eigenvalue weighted by Crippen LogP contribution is 2.56. The number of hydrogen-bond donors (Lipinski definition) is 2. The summed E-state index contributed by atoms with van der Waals surface area (Å²) < 4.78 is 34.3. The van der Waals surface area contributed by atoms with E-state index in [-0.39, 0.29) is 39.3 Å². The maximum absolute atomic E-state index is 12.4. The van der Waals surface area contributed by atoms with Crippen LogP contribution < -0.4 is 9.47 Å². The Bertz CT molecular complexity index is 2130. The molecule has 0 saturated carbocycles. The Morgan fingerprint density at radius 3 is 1.69 bits per heavy atom. The van der Waals surface area contributed by atoms with Gasteiger partial charge in [-0.25, -0.2) is 9.59 Å². The number of esters is 2. The molecule has 0 spiro atoms. The minimum atomic E-state index is -1.68. The molecule has 0 amide bonds. The van der Waals surface area contributed by atoms with Crippen LogP contribution in [0.25, 0.3) is 11.1 Å².